The van der Waals surface area contributed by atoms with Crippen molar-refractivity contribution >= 4 is 17.5 Å². The molecule has 1 aromatic heterocycles. The van der Waals surface area contributed by atoms with E-state index in [0.717, 1.165) is 76.4 Å². The molecule has 2 aromatic rings. The van der Waals surface area contributed by atoms with E-state index in [-0.39, 0.29) is 0 Å². The average molecular weight is 395 g/mol. The third kappa shape index (κ3) is 4.32. The first kappa shape index (κ1) is 20.0. The maximum absolute atomic E-state index is 4.96. The highest BCUT2D eigenvalue weighted by molar-refractivity contribution is 5.57. The van der Waals surface area contributed by atoms with Crippen LogP contribution in [0.1, 0.15) is 23.7 Å². The fraction of sp³-hybridized carbons (Fsp3) is 0.565. The minimum Gasteiger partial charge on any atom is -0.368 e. The van der Waals surface area contributed by atoms with Crippen LogP contribution in [0.25, 0.3) is 0 Å². The number of hydrogen-bond acceptors (Lipinski definition) is 6. The molecule has 0 saturated carbocycles. The van der Waals surface area contributed by atoms with Gasteiger partial charge >= 0.3 is 0 Å². The highest BCUT2D eigenvalue weighted by atomic mass is 15.3. The first-order valence-electron chi connectivity index (χ1n) is 10.9. The molecule has 2 fully saturated rings. The van der Waals surface area contributed by atoms with Crippen LogP contribution >= 0.6 is 0 Å². The Kier molecular flexibility index (Phi) is 5.90. The van der Waals surface area contributed by atoms with Crippen LogP contribution in [0.5, 0.6) is 0 Å². The van der Waals surface area contributed by atoms with Crippen LogP contribution in [0.2, 0.25) is 0 Å². The van der Waals surface area contributed by atoms with Gasteiger partial charge in [-0.05, 0) is 44.5 Å². The molecule has 156 valence electrons. The van der Waals surface area contributed by atoms with Gasteiger partial charge in [0.25, 0.3) is 0 Å². The summed E-state index contributed by atoms with van der Waals surface area (Å²) in [6.45, 7) is 18.1. The first-order chi connectivity index (χ1) is 14.0. The van der Waals surface area contributed by atoms with Crippen LogP contribution in [0.3, 0.4) is 0 Å². The number of rotatable bonds is 4. The lowest BCUT2D eigenvalue weighted by Gasteiger charge is -2.38. The molecule has 6 heteroatoms. The fourth-order valence-electron chi connectivity index (χ4n) is 4.36. The Morgan fingerprint density at radius 1 is 0.793 bits per heavy atom. The molecule has 0 spiro atoms. The van der Waals surface area contributed by atoms with Gasteiger partial charge in [0.15, 0.2) is 0 Å². The van der Waals surface area contributed by atoms with Crippen LogP contribution in [0, 0.1) is 20.8 Å². The molecule has 1 aromatic carbocycles. The van der Waals surface area contributed by atoms with Crippen LogP contribution in [-0.4, -0.2) is 73.8 Å². The van der Waals surface area contributed by atoms with Crippen LogP contribution in [0.15, 0.2) is 24.3 Å². The van der Waals surface area contributed by atoms with Crippen molar-refractivity contribution in [1.82, 2.24) is 14.9 Å². The number of aromatic nitrogens is 2. The minimum atomic E-state index is 0.896. The standard InChI is InChI=1S/C23H34N6/c1-5-26-9-11-29(12-10-26)23-24-19(3)17-22(25-23)28-15-13-27(14-16-28)21-8-6-7-18(2)20(21)4/h6-8,17H,5,9-16H2,1-4H3. The number of piperazine rings is 2. The van der Waals surface area contributed by atoms with Crippen LogP contribution in [0.4, 0.5) is 17.5 Å². The smallest absolute Gasteiger partial charge is 0.227 e. The van der Waals surface area contributed by atoms with Crippen molar-refractivity contribution < 1.29 is 0 Å². The van der Waals surface area contributed by atoms with E-state index >= 15 is 0 Å². The quantitative estimate of drug-likeness (QED) is 0.794. The summed E-state index contributed by atoms with van der Waals surface area (Å²) in [5, 5.41) is 0. The number of benzene rings is 1. The molecule has 6 nitrogen and oxygen atoms in total. The van der Waals surface area contributed by atoms with Crippen molar-refractivity contribution in [3.63, 3.8) is 0 Å². The van der Waals surface area contributed by atoms with E-state index in [1.54, 1.807) is 0 Å². The zero-order valence-electron chi connectivity index (χ0n) is 18.4. The molecule has 0 bridgehead atoms. The molecule has 2 aliphatic rings. The van der Waals surface area contributed by atoms with Crippen molar-refractivity contribution in [2.24, 2.45) is 0 Å². The van der Waals surface area contributed by atoms with Crippen molar-refractivity contribution in [3.05, 3.63) is 41.1 Å². The zero-order valence-corrected chi connectivity index (χ0v) is 18.4. The van der Waals surface area contributed by atoms with Gasteiger partial charge in [0.1, 0.15) is 5.82 Å². The lowest BCUT2D eigenvalue weighted by molar-refractivity contribution is 0.270. The van der Waals surface area contributed by atoms with E-state index < -0.39 is 0 Å². The average Bonchev–Trinajstić information content (AvgIpc) is 2.75. The molecule has 2 aliphatic heterocycles. The SMILES string of the molecule is CCN1CCN(c2nc(C)cc(N3CCN(c4cccc(C)c4C)CC3)n2)CC1. The highest BCUT2D eigenvalue weighted by Crippen LogP contribution is 2.26. The lowest BCUT2D eigenvalue weighted by atomic mass is 10.1. The Hall–Kier alpha value is -2.34. The van der Waals surface area contributed by atoms with Crippen LogP contribution in [-0.2, 0) is 0 Å². The lowest BCUT2D eigenvalue weighted by Crippen LogP contribution is -2.48. The zero-order chi connectivity index (χ0) is 20.4. The molecular formula is C23H34N6. The molecule has 0 unspecified atom stereocenters. The Morgan fingerprint density at radius 2 is 1.45 bits per heavy atom. The second-order valence-electron chi connectivity index (χ2n) is 8.28. The predicted octanol–water partition coefficient (Wildman–Crippen LogP) is 2.87. The summed E-state index contributed by atoms with van der Waals surface area (Å²) in [7, 11) is 0. The highest BCUT2D eigenvalue weighted by Gasteiger charge is 2.23. The van der Waals surface area contributed by atoms with Gasteiger partial charge in [-0.2, -0.15) is 4.98 Å². The Bertz CT molecular complexity index is 835. The normalized spacial score (nSPS) is 18.4. The Morgan fingerprint density at radius 3 is 2.14 bits per heavy atom. The molecule has 4 rings (SSSR count). The molecule has 3 heterocycles. The Labute approximate surface area is 175 Å². The molecule has 0 aliphatic carbocycles. The Balaban J connectivity index is 1.45. The molecular weight excluding hydrogens is 360 g/mol. The number of nitrogens with zero attached hydrogens (tertiary/aromatic N) is 6. The summed E-state index contributed by atoms with van der Waals surface area (Å²) in [4.78, 5) is 19.5. The minimum absolute atomic E-state index is 0.896. The largest absolute Gasteiger partial charge is 0.368 e. The summed E-state index contributed by atoms with van der Waals surface area (Å²) >= 11 is 0. The maximum atomic E-state index is 4.96. The molecule has 0 atom stereocenters. The third-order valence-corrected chi connectivity index (χ3v) is 6.45. The van der Waals surface area contributed by atoms with E-state index in [4.69, 9.17) is 9.97 Å². The van der Waals surface area contributed by atoms with Gasteiger partial charge in [-0.3, -0.25) is 0 Å². The topological polar surface area (TPSA) is 38.7 Å². The second kappa shape index (κ2) is 8.57. The van der Waals surface area contributed by atoms with Gasteiger partial charge in [-0.1, -0.05) is 19.1 Å². The van der Waals surface area contributed by atoms with E-state index in [0.29, 0.717) is 0 Å². The van der Waals surface area contributed by atoms with Gasteiger partial charge in [-0.25, -0.2) is 4.98 Å². The van der Waals surface area contributed by atoms with Crippen molar-refractivity contribution in [2.75, 3.05) is 73.6 Å². The summed E-state index contributed by atoms with van der Waals surface area (Å²) in [5.74, 6) is 1.97. The predicted molar refractivity (Wildman–Crippen MR) is 121 cm³/mol. The number of aryl methyl sites for hydroxylation is 2. The van der Waals surface area contributed by atoms with E-state index in [1.165, 1.54) is 16.8 Å². The molecule has 0 N–H and O–H groups in total. The summed E-state index contributed by atoms with van der Waals surface area (Å²) in [6.07, 6.45) is 0. The molecule has 29 heavy (non-hydrogen) atoms. The monoisotopic (exact) mass is 394 g/mol. The van der Waals surface area contributed by atoms with Gasteiger partial charge < -0.3 is 19.6 Å². The van der Waals surface area contributed by atoms with Crippen LogP contribution < -0.4 is 14.7 Å². The van der Waals surface area contributed by atoms with Crippen molar-refractivity contribution in [1.29, 1.82) is 0 Å². The van der Waals surface area contributed by atoms with Crippen molar-refractivity contribution in [2.45, 2.75) is 27.7 Å². The van der Waals surface area contributed by atoms with Gasteiger partial charge in [0, 0.05) is 69.8 Å². The van der Waals surface area contributed by atoms with E-state index in [9.17, 15) is 0 Å². The molecule has 2 saturated heterocycles. The number of hydrogen-bond donors (Lipinski definition) is 0. The summed E-state index contributed by atoms with van der Waals surface area (Å²) in [6, 6.07) is 8.75. The van der Waals surface area contributed by atoms with Gasteiger partial charge in [0.05, 0.1) is 0 Å². The molecule has 0 radical (unpaired) electrons. The third-order valence-electron chi connectivity index (χ3n) is 6.45. The molecule has 0 amide bonds. The van der Waals surface area contributed by atoms with Gasteiger partial charge in [0.2, 0.25) is 5.95 Å². The second-order valence-corrected chi connectivity index (χ2v) is 8.28. The van der Waals surface area contributed by atoms with Gasteiger partial charge in [-0.15, -0.1) is 0 Å². The van der Waals surface area contributed by atoms with E-state index in [1.807, 2.05) is 0 Å². The maximum Gasteiger partial charge on any atom is 0.227 e. The first-order valence-corrected chi connectivity index (χ1v) is 10.9. The number of anilines is 3. The fourth-order valence-corrected chi connectivity index (χ4v) is 4.36. The number of likely N-dealkylation sites (N-methyl/N-ethyl adjacent to an activating group) is 1. The van der Waals surface area contributed by atoms with Crippen molar-refractivity contribution in [3.8, 4) is 0 Å². The summed E-state index contributed by atoms with van der Waals surface area (Å²) < 4.78 is 0. The summed E-state index contributed by atoms with van der Waals surface area (Å²) in [5.41, 5.74) is 5.19. The van der Waals surface area contributed by atoms with E-state index in [2.05, 4.69) is 71.6 Å².